The second-order valence-electron chi connectivity index (χ2n) is 7.72. The van der Waals surface area contributed by atoms with E-state index in [1.807, 2.05) is 29.6 Å². The van der Waals surface area contributed by atoms with Gasteiger partial charge in [0.25, 0.3) is 5.91 Å². The maximum absolute atomic E-state index is 13.0. The highest BCUT2D eigenvalue weighted by atomic mass is 32.2. The first-order valence-corrected chi connectivity index (χ1v) is 12.9. The van der Waals surface area contributed by atoms with Gasteiger partial charge >= 0.3 is 0 Å². The Kier molecular flexibility index (Phi) is 7.89. The predicted octanol–water partition coefficient (Wildman–Crippen LogP) is 5.19. The van der Waals surface area contributed by atoms with Gasteiger partial charge in [0.1, 0.15) is 17.1 Å². The number of thiazole rings is 1. The van der Waals surface area contributed by atoms with E-state index in [1.165, 1.54) is 18.3 Å². The van der Waals surface area contributed by atoms with E-state index >= 15 is 0 Å². The molecule has 0 saturated heterocycles. The lowest BCUT2D eigenvalue weighted by molar-refractivity contribution is -0.114. The van der Waals surface area contributed by atoms with Crippen molar-refractivity contribution in [1.29, 1.82) is 0 Å². The first-order valence-electron chi connectivity index (χ1n) is 10.9. The van der Waals surface area contributed by atoms with Gasteiger partial charge in [0.2, 0.25) is 5.91 Å². The number of carbonyl (C=O) groups excluding carboxylic acids is 2. The summed E-state index contributed by atoms with van der Waals surface area (Å²) >= 11 is -0.126. The van der Waals surface area contributed by atoms with Gasteiger partial charge in [-0.15, -0.1) is 11.3 Å². The number of hydrogen-bond donors (Lipinski definition) is 2. The number of nitrogens with zero attached hydrogens (tertiary/aromatic N) is 2. The van der Waals surface area contributed by atoms with E-state index in [2.05, 4.69) is 15.6 Å². The summed E-state index contributed by atoms with van der Waals surface area (Å²) in [5, 5.41) is 7.85. The Morgan fingerprint density at radius 3 is 2.25 bits per heavy atom. The standard InChI is InChI=1S/C26H24N4O4S2/c1-17(31)27-20-8-4-18(5-9-20)24-16-35-26(28-24)29-25(32)19-6-14-23(15-7-19)36(33)30(2)21-10-12-22(34-3)13-11-21/h4-16H,1-3H3,(H,27,31)(H,28,29,32). The second kappa shape index (κ2) is 11.3. The normalized spacial score (nSPS) is 11.4. The summed E-state index contributed by atoms with van der Waals surface area (Å²) < 4.78 is 19.8. The average molecular weight is 521 g/mol. The van der Waals surface area contributed by atoms with Gasteiger partial charge in [0, 0.05) is 29.1 Å². The molecule has 1 unspecified atom stereocenters. The quantitative estimate of drug-likeness (QED) is 0.310. The summed E-state index contributed by atoms with van der Waals surface area (Å²) in [6.45, 7) is 1.46. The lowest BCUT2D eigenvalue weighted by Crippen LogP contribution is -2.26. The van der Waals surface area contributed by atoms with Crippen LogP contribution in [0.25, 0.3) is 11.3 Å². The number of anilines is 3. The van der Waals surface area contributed by atoms with E-state index < -0.39 is 11.4 Å². The van der Waals surface area contributed by atoms with Crippen LogP contribution >= 0.6 is 11.3 Å². The Morgan fingerprint density at radius 2 is 1.64 bits per heavy atom. The summed E-state index contributed by atoms with van der Waals surface area (Å²) in [5.74, 6) is 0.281. The molecule has 4 aromatic rings. The fourth-order valence-corrected chi connectivity index (χ4v) is 5.04. The number of aromatic nitrogens is 1. The molecule has 1 atom stereocenters. The summed E-state index contributed by atoms with van der Waals surface area (Å²) in [6, 6.07) is 21.2. The fraction of sp³-hybridized carbons (Fsp3) is 0.115. The Labute approximate surface area is 216 Å². The van der Waals surface area contributed by atoms with Crippen molar-refractivity contribution in [2.24, 2.45) is 0 Å². The molecule has 0 saturated carbocycles. The number of carbonyl (C=O) groups is 2. The fourth-order valence-electron chi connectivity index (χ4n) is 3.33. The third-order valence-electron chi connectivity index (χ3n) is 5.23. The maximum atomic E-state index is 13.0. The van der Waals surface area contributed by atoms with Crippen molar-refractivity contribution >= 4 is 51.0 Å². The topological polar surface area (TPSA) is 107 Å². The molecule has 3 aromatic carbocycles. The highest BCUT2D eigenvalue weighted by Crippen LogP contribution is 2.27. The lowest BCUT2D eigenvalue weighted by Gasteiger charge is -2.21. The Morgan fingerprint density at radius 1 is 0.972 bits per heavy atom. The minimum Gasteiger partial charge on any atom is -0.588 e. The zero-order valence-electron chi connectivity index (χ0n) is 19.8. The number of rotatable bonds is 8. The van der Waals surface area contributed by atoms with Gasteiger partial charge in [0.15, 0.2) is 10.0 Å². The molecule has 0 aliphatic rings. The van der Waals surface area contributed by atoms with Crippen LogP contribution in [0.3, 0.4) is 0 Å². The van der Waals surface area contributed by atoms with Crippen LogP contribution in [-0.4, -0.2) is 35.5 Å². The molecule has 184 valence electrons. The third kappa shape index (κ3) is 6.03. The van der Waals surface area contributed by atoms with Crippen molar-refractivity contribution in [3.8, 4) is 17.0 Å². The molecular formula is C26H24N4O4S2. The summed E-state index contributed by atoms with van der Waals surface area (Å²) in [6.07, 6.45) is 0. The lowest BCUT2D eigenvalue weighted by atomic mass is 10.1. The molecule has 4 rings (SSSR count). The van der Waals surface area contributed by atoms with Gasteiger partial charge in [-0.2, -0.15) is 4.31 Å². The smallest absolute Gasteiger partial charge is 0.257 e. The highest BCUT2D eigenvalue weighted by Gasteiger charge is 2.20. The van der Waals surface area contributed by atoms with Crippen molar-refractivity contribution < 1.29 is 18.9 Å². The minimum atomic E-state index is -1.44. The molecule has 8 nitrogen and oxygen atoms in total. The molecular weight excluding hydrogens is 496 g/mol. The van der Waals surface area contributed by atoms with E-state index in [0.29, 0.717) is 21.3 Å². The number of nitrogens with one attached hydrogen (secondary N) is 2. The molecule has 0 bridgehead atoms. The molecule has 0 radical (unpaired) electrons. The van der Waals surface area contributed by atoms with Crippen LogP contribution in [0, 0.1) is 0 Å². The van der Waals surface area contributed by atoms with E-state index in [-0.39, 0.29) is 11.8 Å². The first kappa shape index (κ1) is 25.2. The molecule has 0 spiro atoms. The number of methoxy groups -OCH3 is 1. The minimum absolute atomic E-state index is 0.134. The Hall–Kier alpha value is -3.86. The van der Waals surface area contributed by atoms with Crippen LogP contribution in [0.1, 0.15) is 17.3 Å². The van der Waals surface area contributed by atoms with Crippen LogP contribution in [0.5, 0.6) is 5.75 Å². The molecule has 1 aromatic heterocycles. The summed E-state index contributed by atoms with van der Waals surface area (Å²) in [4.78, 5) is 28.9. The molecule has 0 aliphatic heterocycles. The first-order chi connectivity index (χ1) is 17.3. The van der Waals surface area contributed by atoms with E-state index in [0.717, 1.165) is 22.7 Å². The van der Waals surface area contributed by atoms with Gasteiger partial charge < -0.3 is 14.6 Å². The van der Waals surface area contributed by atoms with E-state index in [9.17, 15) is 14.1 Å². The van der Waals surface area contributed by atoms with Crippen LogP contribution in [0.4, 0.5) is 16.5 Å². The molecule has 36 heavy (non-hydrogen) atoms. The number of benzene rings is 3. The van der Waals surface area contributed by atoms with Crippen molar-refractivity contribution in [1.82, 2.24) is 4.98 Å². The van der Waals surface area contributed by atoms with Crippen LogP contribution < -0.4 is 19.7 Å². The van der Waals surface area contributed by atoms with Gasteiger partial charge in [-0.25, -0.2) is 4.98 Å². The molecule has 0 fully saturated rings. The zero-order chi connectivity index (χ0) is 25.7. The van der Waals surface area contributed by atoms with Crippen molar-refractivity contribution in [3.63, 3.8) is 0 Å². The molecule has 2 N–H and O–H groups in total. The van der Waals surface area contributed by atoms with Crippen molar-refractivity contribution in [2.45, 2.75) is 11.8 Å². The maximum Gasteiger partial charge on any atom is 0.257 e. The molecule has 10 heteroatoms. The monoisotopic (exact) mass is 520 g/mol. The molecule has 2 amide bonds. The summed E-state index contributed by atoms with van der Waals surface area (Å²) in [5.41, 5.74) is 3.50. The average Bonchev–Trinajstić information content (AvgIpc) is 3.36. The third-order valence-corrected chi connectivity index (χ3v) is 7.37. The van der Waals surface area contributed by atoms with Gasteiger partial charge in [-0.1, -0.05) is 12.1 Å². The van der Waals surface area contributed by atoms with Crippen LogP contribution in [0.2, 0.25) is 0 Å². The molecule has 0 aliphatic carbocycles. The van der Waals surface area contributed by atoms with Gasteiger partial charge in [-0.3, -0.25) is 14.9 Å². The number of hydrogen-bond acceptors (Lipinski definition) is 7. The zero-order valence-corrected chi connectivity index (χ0v) is 21.5. The number of ether oxygens (including phenoxy) is 1. The van der Waals surface area contributed by atoms with Crippen LogP contribution in [0.15, 0.2) is 83.1 Å². The molecule has 1 heterocycles. The van der Waals surface area contributed by atoms with Gasteiger partial charge in [-0.05, 0) is 60.7 Å². The van der Waals surface area contributed by atoms with Crippen molar-refractivity contribution in [3.05, 3.63) is 83.7 Å². The largest absolute Gasteiger partial charge is 0.588 e. The van der Waals surface area contributed by atoms with E-state index in [1.54, 1.807) is 67.0 Å². The predicted molar refractivity (Wildman–Crippen MR) is 144 cm³/mol. The summed E-state index contributed by atoms with van der Waals surface area (Å²) in [7, 11) is 3.34. The van der Waals surface area contributed by atoms with Crippen molar-refractivity contribution in [2.75, 3.05) is 29.1 Å². The Balaban J connectivity index is 1.38. The highest BCUT2D eigenvalue weighted by molar-refractivity contribution is 7.92. The second-order valence-corrected chi connectivity index (χ2v) is 10.1. The Bertz CT molecular complexity index is 1340. The van der Waals surface area contributed by atoms with E-state index in [4.69, 9.17) is 4.74 Å². The van der Waals surface area contributed by atoms with Gasteiger partial charge in [0.05, 0.1) is 25.5 Å². The number of amides is 2. The van der Waals surface area contributed by atoms with Crippen LogP contribution in [-0.2, 0) is 16.2 Å². The SMILES string of the molecule is COc1ccc(N(C)[S+]([O-])c2ccc(C(=O)Nc3nc(-c4ccc(NC(C)=O)cc4)cs3)cc2)cc1.